The number of hydrogen-bond donors (Lipinski definition) is 1. The molecule has 1 N–H and O–H groups in total. The van der Waals surface area contributed by atoms with E-state index < -0.39 is 16.4 Å². The number of thioether (sulfide) groups is 1. The van der Waals surface area contributed by atoms with Gasteiger partial charge in [0, 0.05) is 23.3 Å². The van der Waals surface area contributed by atoms with E-state index in [0.717, 1.165) is 16.4 Å². The van der Waals surface area contributed by atoms with Crippen molar-refractivity contribution in [1.82, 2.24) is 9.66 Å². The van der Waals surface area contributed by atoms with Crippen molar-refractivity contribution in [2.24, 2.45) is 0 Å². The average Bonchev–Trinajstić information content (AvgIpc) is 3.29. The molecule has 4 rings (SSSR count). The zero-order valence-electron chi connectivity index (χ0n) is 16.3. The van der Waals surface area contributed by atoms with E-state index in [1.54, 1.807) is 41.8 Å². The van der Waals surface area contributed by atoms with Crippen molar-refractivity contribution in [3.63, 3.8) is 0 Å². The van der Waals surface area contributed by atoms with Crippen LogP contribution in [0.4, 0.5) is 5.69 Å². The molecular formula is C21H14N4O5S2. The Hall–Kier alpha value is -3.83. The smallest absolute Gasteiger partial charge is 0.291 e. The van der Waals surface area contributed by atoms with Crippen molar-refractivity contribution in [2.45, 2.75) is 5.16 Å². The van der Waals surface area contributed by atoms with Gasteiger partial charge in [-0.05, 0) is 23.6 Å². The molecule has 0 aliphatic carbocycles. The van der Waals surface area contributed by atoms with Crippen LogP contribution in [0.1, 0.15) is 20.7 Å². The standard InChI is InChI=1S/C21H14N4O5S2/c26-17(14-7-4-8-15(11-14)25(29)30)12-32-21-22-16-9-10-31-18(16)20(28)24(21)23-19(27)13-5-2-1-3-6-13/h1-11H,12H2,(H,23,27). The van der Waals surface area contributed by atoms with Crippen LogP contribution in [0.5, 0.6) is 0 Å². The van der Waals surface area contributed by atoms with Crippen LogP contribution in [-0.2, 0) is 0 Å². The second kappa shape index (κ2) is 9.12. The Kier molecular flexibility index (Phi) is 6.10. The molecule has 0 saturated carbocycles. The normalized spacial score (nSPS) is 10.8. The maximum atomic E-state index is 13.0. The van der Waals surface area contributed by atoms with Gasteiger partial charge in [-0.2, -0.15) is 4.68 Å². The lowest BCUT2D eigenvalue weighted by Gasteiger charge is -2.13. The first-order chi connectivity index (χ1) is 15.4. The third kappa shape index (κ3) is 4.43. The summed E-state index contributed by atoms with van der Waals surface area (Å²) in [5, 5.41) is 12.8. The lowest BCUT2D eigenvalue weighted by Crippen LogP contribution is -2.35. The molecule has 32 heavy (non-hydrogen) atoms. The van der Waals surface area contributed by atoms with Crippen molar-refractivity contribution in [3.8, 4) is 0 Å². The number of carbonyl (C=O) groups excluding carboxylic acids is 2. The number of nitrogens with zero attached hydrogens (tertiary/aromatic N) is 3. The third-order valence-corrected chi connectivity index (χ3v) is 6.24. The summed E-state index contributed by atoms with van der Waals surface area (Å²) in [5.41, 5.74) is 2.89. The molecule has 0 aliphatic rings. The number of hydrogen-bond acceptors (Lipinski definition) is 8. The highest BCUT2D eigenvalue weighted by Gasteiger charge is 2.18. The molecule has 2 aromatic heterocycles. The summed E-state index contributed by atoms with van der Waals surface area (Å²) in [6.07, 6.45) is 0. The van der Waals surface area contributed by atoms with Gasteiger partial charge in [0.15, 0.2) is 10.9 Å². The van der Waals surface area contributed by atoms with Crippen LogP contribution in [0.2, 0.25) is 0 Å². The Bertz CT molecular complexity index is 1400. The van der Waals surface area contributed by atoms with Crippen LogP contribution in [0.15, 0.2) is 76.0 Å². The monoisotopic (exact) mass is 466 g/mol. The first-order valence-electron chi connectivity index (χ1n) is 9.21. The van der Waals surface area contributed by atoms with Crippen molar-refractivity contribution in [3.05, 3.63) is 97.6 Å². The number of aromatic nitrogens is 2. The number of Topliss-reactive ketones (excluding diaryl/α,β-unsaturated/α-hetero) is 1. The summed E-state index contributed by atoms with van der Waals surface area (Å²) < 4.78 is 1.40. The molecule has 9 nitrogen and oxygen atoms in total. The van der Waals surface area contributed by atoms with Crippen LogP contribution >= 0.6 is 23.1 Å². The Morgan fingerprint density at radius 3 is 2.59 bits per heavy atom. The Balaban J connectivity index is 1.63. The van der Waals surface area contributed by atoms with Gasteiger partial charge in [0.25, 0.3) is 17.2 Å². The number of benzene rings is 2. The number of nitro benzene ring substituents is 1. The van der Waals surface area contributed by atoms with Gasteiger partial charge in [-0.25, -0.2) is 4.98 Å². The van der Waals surface area contributed by atoms with Gasteiger partial charge in [-0.3, -0.25) is 29.9 Å². The number of ketones is 1. The molecule has 0 spiro atoms. The molecule has 160 valence electrons. The average molecular weight is 467 g/mol. The zero-order chi connectivity index (χ0) is 22.7. The molecule has 4 aromatic rings. The summed E-state index contributed by atoms with van der Waals surface area (Å²) in [6.45, 7) is 0. The fourth-order valence-corrected chi connectivity index (χ4v) is 4.46. The number of carbonyl (C=O) groups is 2. The van der Waals surface area contributed by atoms with Crippen LogP contribution in [0.25, 0.3) is 10.2 Å². The van der Waals surface area contributed by atoms with Gasteiger partial charge < -0.3 is 0 Å². The Morgan fingerprint density at radius 2 is 1.84 bits per heavy atom. The molecule has 11 heteroatoms. The van der Waals surface area contributed by atoms with E-state index in [1.165, 1.54) is 35.6 Å². The quantitative estimate of drug-likeness (QED) is 0.145. The van der Waals surface area contributed by atoms with E-state index in [-0.39, 0.29) is 27.9 Å². The zero-order valence-corrected chi connectivity index (χ0v) is 17.9. The van der Waals surface area contributed by atoms with E-state index in [1.807, 2.05) is 0 Å². The molecule has 2 aromatic carbocycles. The molecule has 0 atom stereocenters. The number of thiophene rings is 1. The van der Waals surface area contributed by atoms with Crippen LogP contribution in [0.3, 0.4) is 0 Å². The largest absolute Gasteiger partial charge is 0.293 e. The number of fused-ring (bicyclic) bond motifs is 1. The van der Waals surface area contributed by atoms with Crippen molar-refractivity contribution < 1.29 is 14.5 Å². The number of rotatable bonds is 7. The van der Waals surface area contributed by atoms with Gasteiger partial charge in [-0.15, -0.1) is 11.3 Å². The minimum Gasteiger partial charge on any atom is -0.293 e. The first kappa shape index (κ1) is 21.4. The van der Waals surface area contributed by atoms with Gasteiger partial charge in [0.1, 0.15) is 4.70 Å². The maximum Gasteiger partial charge on any atom is 0.291 e. The highest BCUT2D eigenvalue weighted by atomic mass is 32.2. The fourth-order valence-electron chi connectivity index (χ4n) is 2.85. The molecule has 0 radical (unpaired) electrons. The van der Waals surface area contributed by atoms with E-state index in [9.17, 15) is 24.5 Å². The highest BCUT2D eigenvalue weighted by molar-refractivity contribution is 7.99. The number of non-ortho nitro benzene ring substituents is 1. The fraction of sp³-hybridized carbons (Fsp3) is 0.0476. The molecule has 1 amide bonds. The van der Waals surface area contributed by atoms with Gasteiger partial charge in [0.05, 0.1) is 16.2 Å². The number of amides is 1. The van der Waals surface area contributed by atoms with E-state index in [4.69, 9.17) is 0 Å². The third-order valence-electron chi connectivity index (χ3n) is 4.41. The lowest BCUT2D eigenvalue weighted by molar-refractivity contribution is -0.384. The predicted molar refractivity (Wildman–Crippen MR) is 122 cm³/mol. The Labute approximate surface area is 188 Å². The maximum absolute atomic E-state index is 13.0. The second-order valence-electron chi connectivity index (χ2n) is 6.50. The minimum atomic E-state index is -0.577. The summed E-state index contributed by atoms with van der Waals surface area (Å²) in [5.74, 6) is -1.01. The molecule has 0 bridgehead atoms. The summed E-state index contributed by atoms with van der Waals surface area (Å²) in [4.78, 5) is 53.0. The molecule has 0 fully saturated rings. The lowest BCUT2D eigenvalue weighted by atomic mass is 10.1. The minimum absolute atomic E-state index is 0.129. The van der Waals surface area contributed by atoms with Gasteiger partial charge >= 0.3 is 0 Å². The topological polar surface area (TPSA) is 124 Å². The summed E-state index contributed by atoms with van der Waals surface area (Å²) in [6, 6.07) is 15.5. The van der Waals surface area contributed by atoms with Crippen molar-refractivity contribution in [2.75, 3.05) is 11.2 Å². The van der Waals surface area contributed by atoms with Crippen molar-refractivity contribution in [1.29, 1.82) is 0 Å². The second-order valence-corrected chi connectivity index (χ2v) is 8.35. The SMILES string of the molecule is O=C(CSc1nc2ccsc2c(=O)n1NC(=O)c1ccccc1)c1cccc([N+](=O)[O-])c1. The van der Waals surface area contributed by atoms with Crippen LogP contribution < -0.4 is 11.0 Å². The summed E-state index contributed by atoms with van der Waals surface area (Å²) in [7, 11) is 0. The van der Waals surface area contributed by atoms with Gasteiger partial charge in [0.2, 0.25) is 0 Å². The highest BCUT2D eigenvalue weighted by Crippen LogP contribution is 2.22. The van der Waals surface area contributed by atoms with Gasteiger partial charge in [-0.1, -0.05) is 42.1 Å². The van der Waals surface area contributed by atoms with E-state index in [2.05, 4.69) is 10.4 Å². The first-order valence-corrected chi connectivity index (χ1v) is 11.1. The van der Waals surface area contributed by atoms with Crippen molar-refractivity contribution >= 4 is 50.7 Å². The van der Waals surface area contributed by atoms with Crippen LogP contribution in [-0.4, -0.2) is 32.0 Å². The molecule has 2 heterocycles. The number of nitro groups is 1. The Morgan fingerprint density at radius 1 is 1.09 bits per heavy atom. The molecular weight excluding hydrogens is 452 g/mol. The van der Waals surface area contributed by atoms with E-state index >= 15 is 0 Å². The number of nitrogens with one attached hydrogen (secondary N) is 1. The van der Waals surface area contributed by atoms with Crippen LogP contribution in [0, 0.1) is 10.1 Å². The van der Waals surface area contributed by atoms with E-state index in [0.29, 0.717) is 15.8 Å². The molecule has 0 aliphatic heterocycles. The molecule has 0 saturated heterocycles. The molecule has 0 unspecified atom stereocenters. The predicted octanol–water partition coefficient (Wildman–Crippen LogP) is 3.73. The summed E-state index contributed by atoms with van der Waals surface area (Å²) >= 11 is 2.15.